The molecule has 0 amide bonds. The summed E-state index contributed by atoms with van der Waals surface area (Å²) in [6.07, 6.45) is 4.72. The van der Waals surface area contributed by atoms with Crippen LogP contribution in [0.2, 0.25) is 0 Å². The molecule has 0 aliphatic heterocycles. The van der Waals surface area contributed by atoms with E-state index >= 15 is 0 Å². The van der Waals surface area contributed by atoms with Crippen LogP contribution in [-0.4, -0.2) is 19.9 Å². The zero-order chi connectivity index (χ0) is 15.6. The molecule has 0 radical (unpaired) electrons. The molecule has 0 unspecified atom stereocenters. The standard InChI is InChI=1S/C18H12N4O/c23-18-14-10-13(12-4-2-1-3-5-12)6-7-15(14)21-17(22-18)16-11-19-8-9-20-16/h1-11H,(H,21,22,23). The Morgan fingerprint density at radius 1 is 0.913 bits per heavy atom. The van der Waals surface area contributed by atoms with Crippen molar-refractivity contribution in [2.45, 2.75) is 0 Å². The predicted octanol–water partition coefficient (Wildman–Crippen LogP) is 3.05. The second-order valence-electron chi connectivity index (χ2n) is 5.10. The maximum absolute atomic E-state index is 12.4. The van der Waals surface area contributed by atoms with E-state index in [1.807, 2.05) is 48.5 Å². The van der Waals surface area contributed by atoms with E-state index in [2.05, 4.69) is 19.9 Å². The zero-order valence-corrected chi connectivity index (χ0v) is 12.1. The fraction of sp³-hybridized carbons (Fsp3) is 0. The molecule has 2 aromatic carbocycles. The lowest BCUT2D eigenvalue weighted by Crippen LogP contribution is -2.10. The molecule has 0 aliphatic rings. The quantitative estimate of drug-likeness (QED) is 0.617. The van der Waals surface area contributed by atoms with Gasteiger partial charge in [0.25, 0.3) is 5.56 Å². The first-order valence-corrected chi connectivity index (χ1v) is 7.17. The Hall–Kier alpha value is -3.34. The highest BCUT2D eigenvalue weighted by atomic mass is 16.1. The molecule has 23 heavy (non-hydrogen) atoms. The second kappa shape index (κ2) is 5.46. The number of nitrogens with zero attached hydrogens (tertiary/aromatic N) is 3. The number of aromatic nitrogens is 4. The fourth-order valence-corrected chi connectivity index (χ4v) is 2.49. The van der Waals surface area contributed by atoms with Gasteiger partial charge in [0, 0.05) is 12.4 Å². The van der Waals surface area contributed by atoms with Crippen molar-refractivity contribution in [1.29, 1.82) is 0 Å². The molecule has 0 saturated heterocycles. The average Bonchev–Trinajstić information content (AvgIpc) is 2.63. The highest BCUT2D eigenvalue weighted by Gasteiger charge is 2.08. The van der Waals surface area contributed by atoms with Gasteiger partial charge >= 0.3 is 0 Å². The minimum Gasteiger partial charge on any atom is -0.305 e. The molecule has 0 fully saturated rings. The minimum absolute atomic E-state index is 0.187. The molecule has 0 saturated carbocycles. The van der Waals surface area contributed by atoms with Crippen molar-refractivity contribution >= 4 is 10.9 Å². The Bertz CT molecular complexity index is 1030. The molecular weight excluding hydrogens is 288 g/mol. The summed E-state index contributed by atoms with van der Waals surface area (Å²) in [6, 6.07) is 15.6. The third-order valence-corrected chi connectivity index (χ3v) is 3.62. The van der Waals surface area contributed by atoms with Crippen LogP contribution in [0.5, 0.6) is 0 Å². The molecule has 1 N–H and O–H groups in total. The van der Waals surface area contributed by atoms with Crippen LogP contribution in [-0.2, 0) is 0 Å². The number of fused-ring (bicyclic) bond motifs is 1. The van der Waals surface area contributed by atoms with Gasteiger partial charge in [0.15, 0.2) is 5.82 Å². The van der Waals surface area contributed by atoms with E-state index in [0.29, 0.717) is 22.4 Å². The molecule has 4 aromatic rings. The topological polar surface area (TPSA) is 71.5 Å². The predicted molar refractivity (Wildman–Crippen MR) is 88.8 cm³/mol. The van der Waals surface area contributed by atoms with E-state index < -0.39 is 0 Å². The van der Waals surface area contributed by atoms with Crippen LogP contribution >= 0.6 is 0 Å². The number of nitrogens with one attached hydrogen (secondary N) is 1. The Balaban J connectivity index is 1.88. The van der Waals surface area contributed by atoms with Gasteiger partial charge in [0.05, 0.1) is 17.1 Å². The first-order valence-electron chi connectivity index (χ1n) is 7.17. The van der Waals surface area contributed by atoms with Crippen LogP contribution < -0.4 is 5.56 Å². The maximum atomic E-state index is 12.4. The normalized spacial score (nSPS) is 10.8. The smallest absolute Gasteiger partial charge is 0.259 e. The molecule has 2 aromatic heterocycles. The molecule has 0 aliphatic carbocycles. The molecule has 4 rings (SSSR count). The molecule has 5 nitrogen and oxygen atoms in total. The summed E-state index contributed by atoms with van der Waals surface area (Å²) in [5.41, 5.74) is 3.03. The number of aromatic amines is 1. The van der Waals surface area contributed by atoms with E-state index in [1.54, 1.807) is 18.6 Å². The van der Waals surface area contributed by atoms with Gasteiger partial charge in [-0.1, -0.05) is 36.4 Å². The summed E-state index contributed by atoms with van der Waals surface area (Å²) in [5, 5.41) is 0.555. The minimum atomic E-state index is -0.187. The van der Waals surface area contributed by atoms with Gasteiger partial charge in [0.1, 0.15) is 5.69 Å². The molecule has 110 valence electrons. The van der Waals surface area contributed by atoms with Crippen LogP contribution in [0.4, 0.5) is 0 Å². The third-order valence-electron chi connectivity index (χ3n) is 3.62. The Kier molecular flexibility index (Phi) is 3.16. The zero-order valence-electron chi connectivity index (χ0n) is 12.1. The number of hydrogen-bond acceptors (Lipinski definition) is 4. The van der Waals surface area contributed by atoms with Gasteiger partial charge in [-0.3, -0.25) is 9.78 Å². The Morgan fingerprint density at radius 3 is 2.57 bits per heavy atom. The van der Waals surface area contributed by atoms with Crippen LogP contribution in [0.1, 0.15) is 0 Å². The van der Waals surface area contributed by atoms with Crippen LogP contribution in [0, 0.1) is 0 Å². The van der Waals surface area contributed by atoms with Crippen molar-refractivity contribution in [2.24, 2.45) is 0 Å². The SMILES string of the molecule is O=c1[nH]c(-c2cnccn2)nc2ccc(-c3ccccc3)cc12. The van der Waals surface area contributed by atoms with Crippen molar-refractivity contribution in [3.63, 3.8) is 0 Å². The van der Waals surface area contributed by atoms with Gasteiger partial charge in [-0.05, 0) is 23.3 Å². The molecule has 5 heteroatoms. The van der Waals surface area contributed by atoms with Gasteiger partial charge in [-0.25, -0.2) is 9.97 Å². The maximum Gasteiger partial charge on any atom is 0.259 e. The van der Waals surface area contributed by atoms with E-state index in [9.17, 15) is 4.79 Å². The first-order chi connectivity index (χ1) is 11.3. The fourth-order valence-electron chi connectivity index (χ4n) is 2.49. The van der Waals surface area contributed by atoms with Crippen molar-refractivity contribution in [3.8, 4) is 22.6 Å². The van der Waals surface area contributed by atoms with Gasteiger partial charge in [-0.2, -0.15) is 0 Å². The van der Waals surface area contributed by atoms with E-state index in [0.717, 1.165) is 11.1 Å². The van der Waals surface area contributed by atoms with E-state index in [-0.39, 0.29) is 5.56 Å². The molecular formula is C18H12N4O. The lowest BCUT2D eigenvalue weighted by Gasteiger charge is -2.05. The van der Waals surface area contributed by atoms with Gasteiger partial charge in [-0.15, -0.1) is 0 Å². The monoisotopic (exact) mass is 300 g/mol. The summed E-state index contributed by atoms with van der Waals surface area (Å²) in [4.78, 5) is 27.8. The summed E-state index contributed by atoms with van der Waals surface area (Å²) in [7, 11) is 0. The van der Waals surface area contributed by atoms with Crippen molar-refractivity contribution in [2.75, 3.05) is 0 Å². The first kappa shape index (κ1) is 13.3. The molecule has 0 atom stereocenters. The van der Waals surface area contributed by atoms with Crippen molar-refractivity contribution in [1.82, 2.24) is 19.9 Å². The largest absolute Gasteiger partial charge is 0.305 e. The van der Waals surface area contributed by atoms with Crippen LogP contribution in [0.3, 0.4) is 0 Å². The molecule has 0 spiro atoms. The summed E-state index contributed by atoms with van der Waals surface area (Å²) < 4.78 is 0. The van der Waals surface area contributed by atoms with Crippen molar-refractivity contribution < 1.29 is 0 Å². The number of benzene rings is 2. The van der Waals surface area contributed by atoms with Gasteiger partial charge < -0.3 is 4.98 Å². The van der Waals surface area contributed by atoms with E-state index in [1.165, 1.54) is 0 Å². The Morgan fingerprint density at radius 2 is 1.78 bits per heavy atom. The lowest BCUT2D eigenvalue weighted by molar-refractivity contribution is 1.11. The summed E-state index contributed by atoms with van der Waals surface area (Å²) in [5.74, 6) is 0.420. The summed E-state index contributed by atoms with van der Waals surface area (Å²) >= 11 is 0. The Labute approximate surface area is 131 Å². The van der Waals surface area contributed by atoms with Crippen LogP contribution in [0.15, 0.2) is 71.9 Å². The third kappa shape index (κ3) is 2.48. The summed E-state index contributed by atoms with van der Waals surface area (Å²) in [6.45, 7) is 0. The van der Waals surface area contributed by atoms with Crippen LogP contribution in [0.25, 0.3) is 33.5 Å². The van der Waals surface area contributed by atoms with Gasteiger partial charge in [0.2, 0.25) is 0 Å². The molecule has 0 bridgehead atoms. The number of rotatable bonds is 2. The number of hydrogen-bond donors (Lipinski definition) is 1. The highest BCUT2D eigenvalue weighted by Crippen LogP contribution is 2.22. The lowest BCUT2D eigenvalue weighted by atomic mass is 10.0. The number of H-pyrrole nitrogens is 1. The van der Waals surface area contributed by atoms with Crippen molar-refractivity contribution in [3.05, 3.63) is 77.5 Å². The second-order valence-corrected chi connectivity index (χ2v) is 5.10. The molecule has 2 heterocycles. The average molecular weight is 300 g/mol. The van der Waals surface area contributed by atoms with E-state index in [4.69, 9.17) is 0 Å². The highest BCUT2D eigenvalue weighted by molar-refractivity contribution is 5.84.